The lowest BCUT2D eigenvalue weighted by Gasteiger charge is -2.21. The van der Waals surface area contributed by atoms with Gasteiger partial charge >= 0.3 is 5.97 Å². The number of rotatable bonds is 5. The Morgan fingerprint density at radius 3 is 2.50 bits per heavy atom. The second kappa shape index (κ2) is 6.80. The first-order valence-electron chi connectivity index (χ1n) is 9.55. The maximum atomic E-state index is 12.6. The molecule has 1 saturated carbocycles. The van der Waals surface area contributed by atoms with Gasteiger partial charge in [0, 0.05) is 0 Å². The van der Waals surface area contributed by atoms with Gasteiger partial charge in [-0.3, -0.25) is 4.79 Å². The van der Waals surface area contributed by atoms with Crippen molar-refractivity contribution in [3.05, 3.63) is 48.0 Å². The molecule has 2 unspecified atom stereocenters. The van der Waals surface area contributed by atoms with Gasteiger partial charge in [0.1, 0.15) is 18.3 Å². The molecule has 4 aliphatic rings. The summed E-state index contributed by atoms with van der Waals surface area (Å²) < 4.78 is 23.5. The molecular formula is C21H24O5. The van der Waals surface area contributed by atoms with E-state index in [0.717, 1.165) is 18.4 Å². The third kappa shape index (κ3) is 2.98. The Morgan fingerprint density at radius 1 is 1.00 bits per heavy atom. The van der Waals surface area contributed by atoms with E-state index in [1.165, 1.54) is 0 Å². The van der Waals surface area contributed by atoms with Gasteiger partial charge in [0.15, 0.2) is 6.10 Å². The average Bonchev–Trinajstić information content (AvgIpc) is 3.44. The fourth-order valence-electron chi connectivity index (χ4n) is 4.74. The van der Waals surface area contributed by atoms with Crippen molar-refractivity contribution in [1.29, 1.82) is 0 Å². The maximum absolute atomic E-state index is 12.6. The van der Waals surface area contributed by atoms with E-state index in [9.17, 15) is 4.79 Å². The number of benzene rings is 1. The molecule has 2 aliphatic carbocycles. The van der Waals surface area contributed by atoms with Crippen LogP contribution in [0.25, 0.3) is 0 Å². The molecule has 5 nitrogen and oxygen atoms in total. The van der Waals surface area contributed by atoms with Crippen LogP contribution in [0.15, 0.2) is 42.5 Å². The molecule has 2 heterocycles. The van der Waals surface area contributed by atoms with Gasteiger partial charge in [0.05, 0.1) is 25.7 Å². The summed E-state index contributed by atoms with van der Waals surface area (Å²) in [6.45, 7) is 1.40. The van der Waals surface area contributed by atoms with Crippen molar-refractivity contribution >= 4 is 5.97 Å². The van der Waals surface area contributed by atoms with Gasteiger partial charge in [0.2, 0.25) is 0 Å². The summed E-state index contributed by atoms with van der Waals surface area (Å²) in [5.74, 6) is 0.838. The van der Waals surface area contributed by atoms with Gasteiger partial charge < -0.3 is 18.9 Å². The molecule has 26 heavy (non-hydrogen) atoms. The summed E-state index contributed by atoms with van der Waals surface area (Å²) in [6, 6.07) is 10.1. The van der Waals surface area contributed by atoms with Crippen molar-refractivity contribution in [2.45, 2.75) is 43.9 Å². The van der Waals surface area contributed by atoms with Crippen LogP contribution >= 0.6 is 0 Å². The zero-order valence-corrected chi connectivity index (χ0v) is 14.7. The Balaban J connectivity index is 1.15. The third-order valence-electron chi connectivity index (χ3n) is 6.12. The summed E-state index contributed by atoms with van der Waals surface area (Å²) in [7, 11) is 0. The number of carbonyl (C=O) groups is 1. The summed E-state index contributed by atoms with van der Waals surface area (Å²) >= 11 is 0. The molecule has 138 valence electrons. The number of hydrogen-bond donors (Lipinski definition) is 0. The van der Waals surface area contributed by atoms with E-state index in [-0.39, 0.29) is 36.3 Å². The highest BCUT2D eigenvalue weighted by molar-refractivity contribution is 5.74. The first kappa shape index (κ1) is 16.5. The Kier molecular flexibility index (Phi) is 4.31. The zero-order chi connectivity index (χ0) is 17.5. The average molecular weight is 356 g/mol. The first-order valence-corrected chi connectivity index (χ1v) is 9.55. The van der Waals surface area contributed by atoms with E-state index in [2.05, 4.69) is 12.2 Å². The van der Waals surface area contributed by atoms with Crippen molar-refractivity contribution in [3.8, 4) is 0 Å². The Bertz CT molecular complexity index is 687. The minimum absolute atomic E-state index is 0.00980. The van der Waals surface area contributed by atoms with Gasteiger partial charge in [-0.2, -0.15) is 0 Å². The molecule has 2 bridgehead atoms. The van der Waals surface area contributed by atoms with Crippen LogP contribution in [0.5, 0.6) is 0 Å². The lowest BCUT2D eigenvalue weighted by Crippen LogP contribution is -2.36. The van der Waals surface area contributed by atoms with Crippen LogP contribution in [0.2, 0.25) is 0 Å². The van der Waals surface area contributed by atoms with Crippen LogP contribution in [0, 0.1) is 17.8 Å². The minimum Gasteiger partial charge on any atom is -0.457 e. The quantitative estimate of drug-likeness (QED) is 0.599. The monoisotopic (exact) mass is 356 g/mol. The van der Waals surface area contributed by atoms with Gasteiger partial charge in [-0.15, -0.1) is 0 Å². The van der Waals surface area contributed by atoms with E-state index in [1.807, 2.05) is 30.3 Å². The molecule has 3 fully saturated rings. The molecule has 0 spiro atoms. The molecule has 2 aliphatic heterocycles. The molecule has 0 radical (unpaired) electrons. The highest BCUT2D eigenvalue weighted by Gasteiger charge is 2.51. The standard InChI is InChI=1S/C21H24O5/c22-21(16-9-14-6-7-15(16)8-14)26-18-12-25-19-17(11-24-20(18)19)23-10-13-4-2-1-3-5-13/h1-7,14-20H,8-12H2/t14-,15+,16-,17+,18-,19?,20?/m1/s1. The lowest BCUT2D eigenvalue weighted by molar-refractivity contribution is -0.159. The van der Waals surface area contributed by atoms with Crippen LogP contribution in [0.3, 0.4) is 0 Å². The maximum Gasteiger partial charge on any atom is 0.310 e. The predicted octanol–water partition coefficient (Wildman–Crippen LogP) is 2.49. The lowest BCUT2D eigenvalue weighted by atomic mass is 9.94. The molecule has 5 heteroatoms. The van der Waals surface area contributed by atoms with Crippen LogP contribution in [-0.4, -0.2) is 43.6 Å². The largest absolute Gasteiger partial charge is 0.457 e. The van der Waals surface area contributed by atoms with E-state index >= 15 is 0 Å². The van der Waals surface area contributed by atoms with Crippen molar-refractivity contribution in [2.24, 2.45) is 17.8 Å². The third-order valence-corrected chi connectivity index (χ3v) is 6.12. The minimum atomic E-state index is -0.319. The number of fused-ring (bicyclic) bond motifs is 3. The fraction of sp³-hybridized carbons (Fsp3) is 0.571. The summed E-state index contributed by atoms with van der Waals surface area (Å²) in [5, 5.41) is 0. The predicted molar refractivity (Wildman–Crippen MR) is 93.2 cm³/mol. The zero-order valence-electron chi connectivity index (χ0n) is 14.7. The second-order valence-electron chi connectivity index (χ2n) is 7.79. The SMILES string of the molecule is O=C(O[C@@H]1COC2C1OC[C@@H]2OCc1ccccc1)[C@@H]1C[C@@H]2C=C[C@H]1C2. The van der Waals surface area contributed by atoms with Crippen molar-refractivity contribution in [1.82, 2.24) is 0 Å². The molecule has 0 aromatic heterocycles. The van der Waals surface area contributed by atoms with Crippen molar-refractivity contribution in [3.63, 3.8) is 0 Å². The number of esters is 1. The Hall–Kier alpha value is -1.69. The Labute approximate surface area is 153 Å². The van der Waals surface area contributed by atoms with Gasteiger partial charge in [-0.25, -0.2) is 0 Å². The first-order chi connectivity index (χ1) is 12.8. The topological polar surface area (TPSA) is 54.0 Å². The van der Waals surface area contributed by atoms with E-state index in [4.69, 9.17) is 18.9 Å². The molecule has 0 N–H and O–H groups in total. The van der Waals surface area contributed by atoms with Crippen molar-refractivity contribution in [2.75, 3.05) is 13.2 Å². The summed E-state index contributed by atoms with van der Waals surface area (Å²) in [6.07, 6.45) is 5.62. The Morgan fingerprint density at radius 2 is 1.77 bits per heavy atom. The van der Waals surface area contributed by atoms with Crippen LogP contribution < -0.4 is 0 Å². The van der Waals surface area contributed by atoms with Crippen molar-refractivity contribution < 1.29 is 23.7 Å². The van der Waals surface area contributed by atoms with E-state index in [1.54, 1.807) is 0 Å². The number of hydrogen-bond acceptors (Lipinski definition) is 5. The normalized spacial score (nSPS) is 40.1. The fourth-order valence-corrected chi connectivity index (χ4v) is 4.74. The number of ether oxygens (including phenoxy) is 4. The van der Waals surface area contributed by atoms with Crippen LogP contribution in [-0.2, 0) is 30.3 Å². The summed E-state index contributed by atoms with van der Waals surface area (Å²) in [4.78, 5) is 12.6. The van der Waals surface area contributed by atoms with Gasteiger partial charge in [-0.05, 0) is 30.2 Å². The van der Waals surface area contributed by atoms with Gasteiger partial charge in [-0.1, -0.05) is 42.5 Å². The highest BCUT2D eigenvalue weighted by atomic mass is 16.7. The molecule has 1 aromatic carbocycles. The van der Waals surface area contributed by atoms with Gasteiger partial charge in [0.25, 0.3) is 0 Å². The van der Waals surface area contributed by atoms with Crippen LogP contribution in [0.1, 0.15) is 18.4 Å². The number of allylic oxidation sites excluding steroid dienone is 2. The van der Waals surface area contributed by atoms with Crippen LogP contribution in [0.4, 0.5) is 0 Å². The molecule has 0 amide bonds. The molecule has 5 rings (SSSR count). The van der Waals surface area contributed by atoms with E-state index < -0.39 is 0 Å². The second-order valence-corrected chi connectivity index (χ2v) is 7.79. The molecular weight excluding hydrogens is 332 g/mol. The summed E-state index contributed by atoms with van der Waals surface area (Å²) in [5.41, 5.74) is 1.13. The highest BCUT2D eigenvalue weighted by Crippen LogP contribution is 2.44. The smallest absolute Gasteiger partial charge is 0.310 e. The molecule has 2 saturated heterocycles. The molecule has 1 aromatic rings. The molecule has 7 atom stereocenters. The number of carbonyl (C=O) groups excluding carboxylic acids is 1. The van der Waals surface area contributed by atoms with E-state index in [0.29, 0.717) is 31.7 Å².